The van der Waals surface area contributed by atoms with Crippen LogP contribution in [0.2, 0.25) is 0 Å². The third-order valence-electron chi connectivity index (χ3n) is 3.40. The Kier molecular flexibility index (Phi) is 6.15. The van der Waals surface area contributed by atoms with Crippen LogP contribution in [0.15, 0.2) is 47.2 Å². The van der Waals surface area contributed by atoms with Gasteiger partial charge in [0.2, 0.25) is 11.8 Å². The molecule has 0 aliphatic rings. The Morgan fingerprint density at radius 2 is 1.82 bits per heavy atom. The molecule has 1 heterocycles. The molecule has 0 aliphatic heterocycles. The Balaban J connectivity index is 1.95. The summed E-state index contributed by atoms with van der Waals surface area (Å²) in [5.41, 5.74) is 7.44. The van der Waals surface area contributed by atoms with E-state index >= 15 is 0 Å². The zero-order chi connectivity index (χ0) is 15.8. The van der Waals surface area contributed by atoms with Gasteiger partial charge in [-0.05, 0) is 34.4 Å². The minimum Gasteiger partial charge on any atom is -0.370 e. The second kappa shape index (κ2) is 8.34. The predicted octanol–water partition coefficient (Wildman–Crippen LogP) is 2.58. The van der Waals surface area contributed by atoms with E-state index in [2.05, 4.69) is 5.38 Å². The largest absolute Gasteiger partial charge is 0.370 e. The summed E-state index contributed by atoms with van der Waals surface area (Å²) >= 11 is 1.63. The molecular formula is C17H20N2O2S. The van der Waals surface area contributed by atoms with Crippen LogP contribution in [-0.2, 0) is 22.6 Å². The van der Waals surface area contributed by atoms with Crippen LogP contribution in [0.4, 0.5) is 0 Å². The number of carbonyl (C=O) groups excluding carboxylic acids is 2. The van der Waals surface area contributed by atoms with Gasteiger partial charge in [-0.25, -0.2) is 0 Å². The molecule has 1 aromatic heterocycles. The smallest absolute Gasteiger partial charge is 0.223 e. The number of rotatable bonds is 8. The van der Waals surface area contributed by atoms with E-state index in [1.54, 1.807) is 16.2 Å². The summed E-state index contributed by atoms with van der Waals surface area (Å²) in [7, 11) is 0. The van der Waals surface area contributed by atoms with E-state index in [1.807, 2.05) is 41.8 Å². The Labute approximate surface area is 134 Å². The molecule has 0 bridgehead atoms. The van der Waals surface area contributed by atoms with E-state index < -0.39 is 0 Å². The van der Waals surface area contributed by atoms with Crippen LogP contribution >= 0.6 is 11.3 Å². The van der Waals surface area contributed by atoms with Crippen molar-refractivity contribution in [2.24, 2.45) is 5.73 Å². The van der Waals surface area contributed by atoms with Gasteiger partial charge in [0, 0.05) is 25.9 Å². The monoisotopic (exact) mass is 316 g/mol. The number of benzene rings is 1. The van der Waals surface area contributed by atoms with Gasteiger partial charge in [0.15, 0.2) is 0 Å². The highest BCUT2D eigenvalue weighted by atomic mass is 32.1. The summed E-state index contributed by atoms with van der Waals surface area (Å²) in [5, 5.41) is 4.06. The molecule has 22 heavy (non-hydrogen) atoms. The number of hydrogen-bond donors (Lipinski definition) is 1. The molecule has 2 N–H and O–H groups in total. The van der Waals surface area contributed by atoms with Crippen molar-refractivity contribution >= 4 is 23.2 Å². The summed E-state index contributed by atoms with van der Waals surface area (Å²) in [5.74, 6) is -0.333. The number of nitrogens with two attached hydrogens (primary N) is 1. The highest BCUT2D eigenvalue weighted by Crippen LogP contribution is 2.12. The molecule has 0 atom stereocenters. The molecule has 0 spiro atoms. The molecule has 0 fully saturated rings. The molecule has 0 radical (unpaired) electrons. The second-order valence-corrected chi connectivity index (χ2v) is 5.93. The fourth-order valence-electron chi connectivity index (χ4n) is 2.19. The first kappa shape index (κ1) is 16.2. The van der Waals surface area contributed by atoms with Crippen LogP contribution in [0.3, 0.4) is 0 Å². The van der Waals surface area contributed by atoms with Crippen molar-refractivity contribution in [3.8, 4) is 0 Å². The Morgan fingerprint density at radius 1 is 1.05 bits per heavy atom. The second-order valence-electron chi connectivity index (χ2n) is 5.15. The number of nitrogens with zero attached hydrogens (tertiary/aromatic N) is 1. The maximum atomic E-state index is 12.4. The quantitative estimate of drug-likeness (QED) is 0.813. The average Bonchev–Trinajstić information content (AvgIpc) is 3.03. The van der Waals surface area contributed by atoms with Crippen molar-refractivity contribution in [1.29, 1.82) is 0 Å². The molecule has 5 heteroatoms. The molecule has 2 rings (SSSR count). The zero-order valence-electron chi connectivity index (χ0n) is 12.4. The molecule has 0 aliphatic carbocycles. The lowest BCUT2D eigenvalue weighted by molar-refractivity contribution is -0.132. The lowest BCUT2D eigenvalue weighted by Gasteiger charge is -2.22. The van der Waals surface area contributed by atoms with Crippen LogP contribution in [0.25, 0.3) is 0 Å². The number of amides is 2. The highest BCUT2D eigenvalue weighted by Gasteiger charge is 2.15. The van der Waals surface area contributed by atoms with Gasteiger partial charge in [0.05, 0.1) is 0 Å². The fourth-order valence-corrected chi connectivity index (χ4v) is 2.89. The van der Waals surface area contributed by atoms with Gasteiger partial charge in [-0.1, -0.05) is 30.3 Å². The van der Waals surface area contributed by atoms with Crippen LogP contribution in [-0.4, -0.2) is 23.3 Å². The van der Waals surface area contributed by atoms with Crippen molar-refractivity contribution in [1.82, 2.24) is 4.90 Å². The minimum absolute atomic E-state index is 0.0521. The molecule has 0 saturated carbocycles. The van der Waals surface area contributed by atoms with Gasteiger partial charge in [-0.15, -0.1) is 0 Å². The van der Waals surface area contributed by atoms with Crippen molar-refractivity contribution in [3.05, 3.63) is 58.3 Å². The fraction of sp³-hybridized carbons (Fsp3) is 0.294. The summed E-state index contributed by atoms with van der Waals surface area (Å²) in [6, 6.07) is 11.8. The third kappa shape index (κ3) is 5.33. The molecular weight excluding hydrogens is 296 g/mol. The maximum absolute atomic E-state index is 12.4. The molecule has 116 valence electrons. The first-order chi connectivity index (χ1) is 10.6. The van der Waals surface area contributed by atoms with Gasteiger partial charge in [-0.3, -0.25) is 9.59 Å². The van der Waals surface area contributed by atoms with E-state index in [-0.39, 0.29) is 18.2 Å². The van der Waals surface area contributed by atoms with Gasteiger partial charge in [0.1, 0.15) is 0 Å². The van der Waals surface area contributed by atoms with E-state index in [9.17, 15) is 9.59 Å². The first-order valence-electron chi connectivity index (χ1n) is 7.26. The summed E-state index contributed by atoms with van der Waals surface area (Å²) in [4.78, 5) is 25.2. The highest BCUT2D eigenvalue weighted by molar-refractivity contribution is 7.07. The summed E-state index contributed by atoms with van der Waals surface area (Å²) in [6.45, 7) is 0.878. The van der Waals surface area contributed by atoms with Crippen LogP contribution < -0.4 is 5.73 Å². The lowest BCUT2D eigenvalue weighted by Crippen LogP contribution is -2.33. The number of hydrogen-bond acceptors (Lipinski definition) is 3. The van der Waals surface area contributed by atoms with Crippen molar-refractivity contribution in [2.45, 2.75) is 25.8 Å². The van der Waals surface area contributed by atoms with Crippen molar-refractivity contribution < 1.29 is 9.59 Å². The first-order valence-corrected chi connectivity index (χ1v) is 8.20. The van der Waals surface area contributed by atoms with Crippen LogP contribution in [0.5, 0.6) is 0 Å². The van der Waals surface area contributed by atoms with E-state index in [0.29, 0.717) is 19.5 Å². The molecule has 0 saturated heterocycles. The van der Waals surface area contributed by atoms with Gasteiger partial charge in [0.25, 0.3) is 0 Å². The maximum Gasteiger partial charge on any atom is 0.223 e. The number of carbonyl (C=O) groups is 2. The minimum atomic E-state index is -0.385. The predicted molar refractivity (Wildman–Crippen MR) is 88.3 cm³/mol. The average molecular weight is 316 g/mol. The molecule has 2 amide bonds. The molecule has 2 aromatic rings. The summed E-state index contributed by atoms with van der Waals surface area (Å²) < 4.78 is 0. The van der Waals surface area contributed by atoms with Gasteiger partial charge >= 0.3 is 0 Å². The normalized spacial score (nSPS) is 10.4. The van der Waals surface area contributed by atoms with Crippen molar-refractivity contribution in [2.75, 3.05) is 6.54 Å². The number of primary amides is 1. The molecule has 4 nitrogen and oxygen atoms in total. The van der Waals surface area contributed by atoms with Gasteiger partial charge in [-0.2, -0.15) is 11.3 Å². The topological polar surface area (TPSA) is 63.4 Å². The molecule has 0 unspecified atom stereocenters. The number of aryl methyl sites for hydroxylation is 1. The van der Waals surface area contributed by atoms with E-state index in [1.165, 1.54) is 5.56 Å². The SMILES string of the molecule is NC(=O)CCN(Cc1ccccc1)C(=O)CCc1ccsc1. The summed E-state index contributed by atoms with van der Waals surface area (Å²) in [6.07, 6.45) is 1.36. The van der Waals surface area contributed by atoms with Crippen LogP contribution in [0.1, 0.15) is 24.0 Å². The standard InChI is InChI=1S/C17H20N2O2S/c18-16(20)8-10-19(12-14-4-2-1-3-5-14)17(21)7-6-15-9-11-22-13-15/h1-5,9,11,13H,6-8,10,12H2,(H2,18,20). The van der Waals surface area contributed by atoms with E-state index in [0.717, 1.165) is 12.0 Å². The van der Waals surface area contributed by atoms with Crippen LogP contribution in [0, 0.1) is 0 Å². The zero-order valence-corrected chi connectivity index (χ0v) is 13.2. The Hall–Kier alpha value is -2.14. The number of thiophene rings is 1. The lowest BCUT2D eigenvalue weighted by atomic mass is 10.1. The van der Waals surface area contributed by atoms with Crippen molar-refractivity contribution in [3.63, 3.8) is 0 Å². The molecule has 1 aromatic carbocycles. The van der Waals surface area contributed by atoms with E-state index in [4.69, 9.17) is 5.73 Å². The van der Waals surface area contributed by atoms with Gasteiger partial charge < -0.3 is 10.6 Å². The Bertz CT molecular complexity index is 596. The Morgan fingerprint density at radius 3 is 2.45 bits per heavy atom. The third-order valence-corrected chi connectivity index (χ3v) is 4.14.